The molecule has 114 valence electrons. The minimum Gasteiger partial charge on any atom is -0.448 e. The molecule has 0 spiro atoms. The summed E-state index contributed by atoms with van der Waals surface area (Å²) in [6, 6.07) is 9.48. The minimum absolute atomic E-state index is 0.0771. The van der Waals surface area contributed by atoms with Gasteiger partial charge < -0.3 is 10.1 Å². The van der Waals surface area contributed by atoms with Crippen molar-refractivity contribution >= 4 is 11.9 Å². The van der Waals surface area contributed by atoms with Gasteiger partial charge in [-0.05, 0) is 19.4 Å². The molecule has 1 atom stereocenters. The fourth-order valence-electron chi connectivity index (χ4n) is 1.70. The third-order valence-corrected chi connectivity index (χ3v) is 2.95. The van der Waals surface area contributed by atoms with Gasteiger partial charge in [0.05, 0.1) is 11.9 Å². The minimum atomic E-state index is -0.903. The van der Waals surface area contributed by atoms with Gasteiger partial charge in [0.1, 0.15) is 0 Å². The van der Waals surface area contributed by atoms with Crippen LogP contribution in [0.2, 0.25) is 0 Å². The number of carbonyl (C=O) groups is 2. The molecule has 0 radical (unpaired) electrons. The number of aromatic nitrogens is 2. The highest BCUT2D eigenvalue weighted by Gasteiger charge is 2.19. The molecule has 2 rings (SSSR count). The smallest absolute Gasteiger partial charge is 0.359 e. The number of nitrogens with one attached hydrogen (secondary N) is 1. The second kappa shape index (κ2) is 7.31. The average Bonchev–Trinajstić information content (AvgIpc) is 2.54. The van der Waals surface area contributed by atoms with Crippen LogP contribution < -0.4 is 5.32 Å². The van der Waals surface area contributed by atoms with Gasteiger partial charge in [-0.25, -0.2) is 9.78 Å². The molecule has 0 aliphatic rings. The predicted octanol–water partition coefficient (Wildman–Crippen LogP) is 1.65. The van der Waals surface area contributed by atoms with Gasteiger partial charge in [-0.3, -0.25) is 9.78 Å². The number of aryl methyl sites for hydroxylation is 1. The van der Waals surface area contributed by atoms with Crippen LogP contribution in [0.4, 0.5) is 0 Å². The molecule has 22 heavy (non-hydrogen) atoms. The highest BCUT2D eigenvalue weighted by atomic mass is 16.5. The fraction of sp³-hybridized carbons (Fsp3) is 0.250. The molecule has 1 aromatic carbocycles. The maximum Gasteiger partial charge on any atom is 0.359 e. The second-order valence-electron chi connectivity index (χ2n) is 4.79. The Hall–Kier alpha value is -2.76. The van der Waals surface area contributed by atoms with Crippen LogP contribution in [0.3, 0.4) is 0 Å². The summed E-state index contributed by atoms with van der Waals surface area (Å²) in [6.07, 6.45) is 1.89. The molecule has 1 heterocycles. The van der Waals surface area contributed by atoms with Crippen LogP contribution in [0.15, 0.2) is 42.7 Å². The van der Waals surface area contributed by atoms with Crippen LogP contribution in [0.25, 0.3) is 0 Å². The number of hydrogen-bond acceptors (Lipinski definition) is 5. The lowest BCUT2D eigenvalue weighted by Crippen LogP contribution is -2.35. The maximum atomic E-state index is 11.9. The van der Waals surface area contributed by atoms with E-state index in [0.29, 0.717) is 12.2 Å². The van der Waals surface area contributed by atoms with E-state index in [2.05, 4.69) is 15.3 Å². The van der Waals surface area contributed by atoms with Gasteiger partial charge in [0.15, 0.2) is 11.8 Å². The summed E-state index contributed by atoms with van der Waals surface area (Å²) in [5.74, 6) is -1.04. The van der Waals surface area contributed by atoms with Crippen LogP contribution in [-0.4, -0.2) is 27.9 Å². The lowest BCUT2D eigenvalue weighted by atomic mass is 10.2. The van der Waals surface area contributed by atoms with Gasteiger partial charge in [-0.15, -0.1) is 0 Å². The Morgan fingerprint density at radius 1 is 1.18 bits per heavy atom. The topological polar surface area (TPSA) is 81.2 Å². The van der Waals surface area contributed by atoms with Crippen LogP contribution in [-0.2, 0) is 16.1 Å². The first-order valence-electron chi connectivity index (χ1n) is 6.87. The third kappa shape index (κ3) is 4.37. The van der Waals surface area contributed by atoms with E-state index in [4.69, 9.17) is 4.74 Å². The van der Waals surface area contributed by atoms with E-state index in [9.17, 15) is 9.59 Å². The standard InChI is InChI=1S/C16H17N3O3/c1-11-8-18-14(10-17-11)16(21)22-12(2)15(20)19-9-13-6-4-3-5-7-13/h3-8,10,12H,9H2,1-2H3,(H,19,20)/t12-/m0/s1. The molecule has 0 saturated heterocycles. The molecule has 0 bridgehead atoms. The number of rotatable bonds is 5. The van der Waals surface area contributed by atoms with Crippen molar-refractivity contribution in [2.75, 3.05) is 0 Å². The Morgan fingerprint density at radius 3 is 2.55 bits per heavy atom. The first-order chi connectivity index (χ1) is 10.6. The molecule has 0 unspecified atom stereocenters. The summed E-state index contributed by atoms with van der Waals surface area (Å²) in [5, 5.41) is 2.71. The van der Waals surface area contributed by atoms with Gasteiger partial charge in [-0.2, -0.15) is 0 Å². The number of benzene rings is 1. The van der Waals surface area contributed by atoms with Gasteiger partial charge in [0.25, 0.3) is 5.91 Å². The zero-order valence-electron chi connectivity index (χ0n) is 12.4. The molecule has 0 fully saturated rings. The van der Waals surface area contributed by atoms with Gasteiger partial charge in [0.2, 0.25) is 0 Å². The van der Waals surface area contributed by atoms with Crippen molar-refractivity contribution < 1.29 is 14.3 Å². The normalized spacial score (nSPS) is 11.5. The largest absolute Gasteiger partial charge is 0.448 e. The summed E-state index contributed by atoms with van der Waals surface area (Å²) < 4.78 is 5.07. The molecular formula is C16H17N3O3. The Kier molecular flexibility index (Phi) is 5.19. The molecule has 1 N–H and O–H groups in total. The molecule has 6 nitrogen and oxygen atoms in total. The van der Waals surface area contributed by atoms with Crippen LogP contribution >= 0.6 is 0 Å². The number of carbonyl (C=O) groups excluding carboxylic acids is 2. The van der Waals surface area contributed by atoms with Gasteiger partial charge in [-0.1, -0.05) is 30.3 Å². The molecule has 1 aromatic heterocycles. The van der Waals surface area contributed by atoms with E-state index < -0.39 is 12.1 Å². The first-order valence-corrected chi connectivity index (χ1v) is 6.87. The van der Waals surface area contributed by atoms with Crippen LogP contribution in [0, 0.1) is 6.92 Å². The Bertz CT molecular complexity index is 641. The average molecular weight is 299 g/mol. The SMILES string of the molecule is Cc1cnc(C(=O)O[C@@H](C)C(=O)NCc2ccccc2)cn1. The molecule has 1 amide bonds. The molecule has 0 aliphatic heterocycles. The van der Waals surface area contributed by atoms with Crippen molar-refractivity contribution in [1.29, 1.82) is 0 Å². The molecule has 0 aliphatic carbocycles. The maximum absolute atomic E-state index is 11.9. The lowest BCUT2D eigenvalue weighted by Gasteiger charge is -2.13. The van der Waals surface area contributed by atoms with E-state index in [-0.39, 0.29) is 11.6 Å². The third-order valence-electron chi connectivity index (χ3n) is 2.95. The monoisotopic (exact) mass is 299 g/mol. The Labute approximate surface area is 128 Å². The first kappa shape index (κ1) is 15.6. The quantitative estimate of drug-likeness (QED) is 0.849. The summed E-state index contributed by atoms with van der Waals surface area (Å²) in [6.45, 7) is 3.66. The summed E-state index contributed by atoms with van der Waals surface area (Å²) in [4.78, 5) is 31.6. The van der Waals surface area contributed by atoms with Gasteiger partial charge >= 0.3 is 5.97 Å². The predicted molar refractivity (Wildman–Crippen MR) is 79.9 cm³/mol. The molecule has 0 saturated carbocycles. The van der Waals surface area contributed by atoms with E-state index in [1.165, 1.54) is 19.3 Å². The molecule has 6 heteroatoms. The fourth-order valence-corrected chi connectivity index (χ4v) is 1.70. The number of amides is 1. The lowest BCUT2D eigenvalue weighted by molar-refractivity contribution is -0.129. The second-order valence-corrected chi connectivity index (χ2v) is 4.79. The number of hydrogen-bond donors (Lipinski definition) is 1. The van der Waals surface area contributed by atoms with Crippen LogP contribution in [0.5, 0.6) is 0 Å². The Balaban J connectivity index is 1.85. The highest BCUT2D eigenvalue weighted by molar-refractivity contribution is 5.90. The summed E-state index contributed by atoms with van der Waals surface area (Å²) in [7, 11) is 0. The zero-order chi connectivity index (χ0) is 15.9. The van der Waals surface area contributed by atoms with E-state index in [1.807, 2.05) is 30.3 Å². The zero-order valence-corrected chi connectivity index (χ0v) is 12.4. The van der Waals surface area contributed by atoms with Crippen molar-refractivity contribution in [3.8, 4) is 0 Å². The van der Waals surface area contributed by atoms with Gasteiger partial charge in [0, 0.05) is 12.7 Å². The Morgan fingerprint density at radius 2 is 1.91 bits per heavy atom. The summed E-state index contributed by atoms with van der Waals surface area (Å²) >= 11 is 0. The van der Waals surface area contributed by atoms with Crippen molar-refractivity contribution in [2.24, 2.45) is 0 Å². The molecule has 2 aromatic rings. The van der Waals surface area contributed by atoms with E-state index in [1.54, 1.807) is 6.92 Å². The van der Waals surface area contributed by atoms with Crippen molar-refractivity contribution in [3.63, 3.8) is 0 Å². The number of ether oxygens (including phenoxy) is 1. The van der Waals surface area contributed by atoms with Crippen molar-refractivity contribution in [3.05, 3.63) is 59.7 Å². The number of esters is 1. The number of nitrogens with zero attached hydrogens (tertiary/aromatic N) is 2. The van der Waals surface area contributed by atoms with Crippen LogP contribution in [0.1, 0.15) is 28.7 Å². The highest BCUT2D eigenvalue weighted by Crippen LogP contribution is 2.02. The summed E-state index contributed by atoms with van der Waals surface area (Å²) in [5.41, 5.74) is 1.75. The van der Waals surface area contributed by atoms with Crippen molar-refractivity contribution in [2.45, 2.75) is 26.5 Å². The van der Waals surface area contributed by atoms with E-state index in [0.717, 1.165) is 5.56 Å². The van der Waals surface area contributed by atoms with E-state index >= 15 is 0 Å². The van der Waals surface area contributed by atoms with Crippen molar-refractivity contribution in [1.82, 2.24) is 15.3 Å². The molecular weight excluding hydrogens is 282 g/mol.